The van der Waals surface area contributed by atoms with E-state index in [4.69, 9.17) is 27.6 Å². The van der Waals surface area contributed by atoms with Crippen LogP contribution in [0.2, 0.25) is 10.0 Å². The van der Waals surface area contributed by atoms with Crippen molar-refractivity contribution in [2.75, 3.05) is 0 Å². The first-order valence-corrected chi connectivity index (χ1v) is 11.3. The highest BCUT2D eigenvalue weighted by Gasteiger charge is 2.17. The summed E-state index contributed by atoms with van der Waals surface area (Å²) >= 11 is 12.5. The van der Waals surface area contributed by atoms with E-state index in [1.807, 2.05) is 60.7 Å². The molecule has 0 saturated heterocycles. The number of oxazole rings is 1. The van der Waals surface area contributed by atoms with E-state index < -0.39 is 0 Å². The van der Waals surface area contributed by atoms with E-state index in [-0.39, 0.29) is 11.6 Å². The Balaban J connectivity index is 1.45. The van der Waals surface area contributed by atoms with Crippen molar-refractivity contribution in [1.29, 1.82) is 0 Å². The molecule has 7 heteroatoms. The summed E-state index contributed by atoms with van der Waals surface area (Å²) in [5.74, 6) is 0.185. The van der Waals surface area contributed by atoms with Gasteiger partial charge in [-0.25, -0.2) is 4.98 Å². The number of aromatic nitrogens is 1. The molecule has 1 aromatic heterocycles. The maximum Gasteiger partial charge on any atom is 0.273 e. The molecule has 4 rings (SSSR count). The first-order valence-electron chi connectivity index (χ1n) is 10.5. The normalized spacial score (nSPS) is 11.0. The largest absolute Gasteiger partial charge is 0.447 e. The summed E-state index contributed by atoms with van der Waals surface area (Å²) in [6.45, 7) is 2.08. The molecule has 0 atom stereocenters. The quantitative estimate of drug-likeness (QED) is 0.314. The molecule has 0 aliphatic carbocycles. The molecule has 1 heterocycles. The molecule has 5 nitrogen and oxygen atoms in total. The van der Waals surface area contributed by atoms with Gasteiger partial charge in [-0.1, -0.05) is 89.9 Å². The molecule has 4 aromatic rings. The Bertz CT molecular complexity index is 1200. The van der Waals surface area contributed by atoms with Crippen molar-refractivity contribution >= 4 is 29.1 Å². The molecule has 0 radical (unpaired) electrons. The lowest BCUT2D eigenvalue weighted by Crippen LogP contribution is -2.24. The summed E-state index contributed by atoms with van der Waals surface area (Å²) in [7, 11) is 0. The van der Waals surface area contributed by atoms with Gasteiger partial charge in [0.15, 0.2) is 5.69 Å². The molecular weight excluding hydrogens is 457 g/mol. The van der Waals surface area contributed by atoms with Gasteiger partial charge in [0.1, 0.15) is 6.26 Å². The number of hydrogen-bond donors (Lipinski definition) is 1. The van der Waals surface area contributed by atoms with Crippen LogP contribution in [0.4, 0.5) is 0 Å². The number of rotatable bonds is 9. The van der Waals surface area contributed by atoms with Crippen LogP contribution in [0, 0.1) is 0 Å². The van der Waals surface area contributed by atoms with Crippen LogP contribution in [-0.4, -0.2) is 15.8 Å². The number of nitrogens with one attached hydrogen (secondary N) is 1. The van der Waals surface area contributed by atoms with Gasteiger partial charge in [-0.2, -0.15) is 0 Å². The zero-order valence-electron chi connectivity index (χ0n) is 17.9. The molecular formula is C26H23Cl2N3O2. The van der Waals surface area contributed by atoms with Crippen LogP contribution in [-0.2, 0) is 26.2 Å². The van der Waals surface area contributed by atoms with E-state index in [2.05, 4.69) is 27.3 Å². The summed E-state index contributed by atoms with van der Waals surface area (Å²) in [4.78, 5) is 19.1. The molecule has 1 N–H and O–H groups in total. The molecule has 0 bridgehead atoms. The number of nitrogens with zero attached hydrogens (tertiary/aromatic N) is 2. The van der Waals surface area contributed by atoms with E-state index in [1.54, 1.807) is 6.07 Å². The zero-order chi connectivity index (χ0) is 23.0. The molecule has 1 amide bonds. The molecule has 33 heavy (non-hydrogen) atoms. The molecule has 0 unspecified atom stereocenters. The Kier molecular flexibility index (Phi) is 7.79. The van der Waals surface area contributed by atoms with Gasteiger partial charge in [0.05, 0.1) is 6.54 Å². The third-order valence-corrected chi connectivity index (χ3v) is 5.68. The first-order chi connectivity index (χ1) is 16.1. The van der Waals surface area contributed by atoms with E-state index in [9.17, 15) is 4.79 Å². The summed E-state index contributed by atoms with van der Waals surface area (Å²) in [6, 6.07) is 25.3. The van der Waals surface area contributed by atoms with Gasteiger partial charge >= 0.3 is 0 Å². The Morgan fingerprint density at radius 1 is 0.879 bits per heavy atom. The number of carbonyl (C=O) groups excluding carboxylic acids is 1. The van der Waals surface area contributed by atoms with Crippen LogP contribution < -0.4 is 5.32 Å². The van der Waals surface area contributed by atoms with Gasteiger partial charge in [-0.05, 0) is 28.8 Å². The summed E-state index contributed by atoms with van der Waals surface area (Å²) < 4.78 is 5.63. The van der Waals surface area contributed by atoms with Crippen molar-refractivity contribution in [3.8, 4) is 0 Å². The highest BCUT2D eigenvalue weighted by molar-refractivity contribution is 6.35. The van der Waals surface area contributed by atoms with E-state index in [0.717, 1.165) is 16.7 Å². The summed E-state index contributed by atoms with van der Waals surface area (Å²) in [6.07, 6.45) is 1.39. The second-order valence-corrected chi connectivity index (χ2v) is 8.50. The SMILES string of the molecule is O=C(NCc1ccccc1)c1coc(CN(Cc2ccccc2)Cc2ccc(Cl)cc2Cl)n1. The predicted octanol–water partition coefficient (Wildman–Crippen LogP) is 6.11. The van der Waals surface area contributed by atoms with Crippen molar-refractivity contribution in [3.05, 3.63) is 123 Å². The zero-order valence-corrected chi connectivity index (χ0v) is 19.4. The standard InChI is InChI=1S/C26H23Cl2N3O2/c27-22-12-11-21(23(28)13-22)16-31(15-20-9-5-2-6-10-20)17-25-30-24(18-33-25)26(32)29-14-19-7-3-1-4-8-19/h1-13,18H,14-17H2,(H,29,32). The van der Waals surface area contributed by atoms with Gasteiger partial charge in [0, 0.05) is 29.7 Å². The van der Waals surface area contributed by atoms with Gasteiger partial charge in [0.25, 0.3) is 5.91 Å². The van der Waals surface area contributed by atoms with Gasteiger partial charge in [-0.15, -0.1) is 0 Å². The van der Waals surface area contributed by atoms with Gasteiger partial charge in [0.2, 0.25) is 5.89 Å². The minimum atomic E-state index is -0.274. The lowest BCUT2D eigenvalue weighted by molar-refractivity contribution is 0.0945. The number of hydrogen-bond acceptors (Lipinski definition) is 4. The third-order valence-electron chi connectivity index (χ3n) is 5.10. The van der Waals surface area contributed by atoms with Crippen molar-refractivity contribution < 1.29 is 9.21 Å². The van der Waals surface area contributed by atoms with Crippen LogP contribution in [0.15, 0.2) is 89.5 Å². The van der Waals surface area contributed by atoms with Gasteiger partial charge < -0.3 is 9.73 Å². The smallest absolute Gasteiger partial charge is 0.273 e. The van der Waals surface area contributed by atoms with Crippen LogP contribution in [0.3, 0.4) is 0 Å². The third kappa shape index (κ3) is 6.68. The van der Waals surface area contributed by atoms with Crippen LogP contribution in [0.5, 0.6) is 0 Å². The minimum absolute atomic E-state index is 0.255. The average Bonchev–Trinajstić information content (AvgIpc) is 3.29. The van der Waals surface area contributed by atoms with Crippen molar-refractivity contribution in [1.82, 2.24) is 15.2 Å². The molecule has 0 aliphatic heterocycles. The Labute approximate surface area is 203 Å². The number of benzene rings is 3. The van der Waals surface area contributed by atoms with E-state index >= 15 is 0 Å². The molecule has 0 fully saturated rings. The fraction of sp³-hybridized carbons (Fsp3) is 0.154. The fourth-order valence-electron chi connectivity index (χ4n) is 3.45. The van der Waals surface area contributed by atoms with Crippen molar-refractivity contribution in [2.45, 2.75) is 26.2 Å². The molecule has 3 aromatic carbocycles. The van der Waals surface area contributed by atoms with E-state index in [0.29, 0.717) is 42.1 Å². The number of halogens is 2. The van der Waals surface area contributed by atoms with Crippen molar-refractivity contribution in [3.63, 3.8) is 0 Å². The number of carbonyl (C=O) groups is 1. The molecule has 0 saturated carbocycles. The maximum atomic E-state index is 12.5. The molecule has 168 valence electrons. The van der Waals surface area contributed by atoms with Crippen LogP contribution >= 0.6 is 23.2 Å². The van der Waals surface area contributed by atoms with Crippen molar-refractivity contribution in [2.24, 2.45) is 0 Å². The Morgan fingerprint density at radius 2 is 1.58 bits per heavy atom. The number of amides is 1. The monoisotopic (exact) mass is 479 g/mol. The first kappa shape index (κ1) is 23.1. The van der Waals surface area contributed by atoms with Crippen LogP contribution in [0.1, 0.15) is 33.1 Å². The maximum absolute atomic E-state index is 12.5. The second kappa shape index (κ2) is 11.1. The Morgan fingerprint density at radius 3 is 2.27 bits per heavy atom. The Hall–Kier alpha value is -3.12. The summed E-state index contributed by atoms with van der Waals surface area (Å²) in [5, 5.41) is 4.07. The highest BCUT2D eigenvalue weighted by atomic mass is 35.5. The molecule has 0 aliphatic rings. The van der Waals surface area contributed by atoms with E-state index in [1.165, 1.54) is 6.26 Å². The predicted molar refractivity (Wildman–Crippen MR) is 130 cm³/mol. The fourth-order valence-corrected chi connectivity index (χ4v) is 3.92. The lowest BCUT2D eigenvalue weighted by atomic mass is 10.1. The van der Waals surface area contributed by atoms with Crippen LogP contribution in [0.25, 0.3) is 0 Å². The van der Waals surface area contributed by atoms with Gasteiger partial charge in [-0.3, -0.25) is 9.69 Å². The second-order valence-electron chi connectivity index (χ2n) is 7.66. The topological polar surface area (TPSA) is 58.4 Å². The highest BCUT2D eigenvalue weighted by Crippen LogP contribution is 2.24. The lowest BCUT2D eigenvalue weighted by Gasteiger charge is -2.21. The summed E-state index contributed by atoms with van der Waals surface area (Å²) in [5.41, 5.74) is 3.37. The minimum Gasteiger partial charge on any atom is -0.447 e. The average molecular weight is 480 g/mol. The molecule has 0 spiro atoms.